The second-order valence-corrected chi connectivity index (χ2v) is 4.47. The van der Waals surface area contributed by atoms with Gasteiger partial charge in [-0.2, -0.15) is 0 Å². The van der Waals surface area contributed by atoms with Gasteiger partial charge in [-0.15, -0.1) is 0 Å². The largest absolute Gasteiger partial charge is 0.481 e. The van der Waals surface area contributed by atoms with Crippen LogP contribution in [0.25, 0.3) is 0 Å². The van der Waals surface area contributed by atoms with Crippen LogP contribution in [0.1, 0.15) is 26.2 Å². The van der Waals surface area contributed by atoms with Crippen LogP contribution in [0.3, 0.4) is 0 Å². The molecule has 1 amide bonds. The second kappa shape index (κ2) is 6.56. The first-order chi connectivity index (χ1) is 8.02. The number of rotatable bonds is 6. The van der Waals surface area contributed by atoms with Crippen LogP contribution in [-0.2, 0) is 9.59 Å². The summed E-state index contributed by atoms with van der Waals surface area (Å²) in [4.78, 5) is 22.2. The van der Waals surface area contributed by atoms with Crippen LogP contribution in [0, 0.1) is 5.92 Å². The molecule has 1 rings (SSSR count). The number of aliphatic hydroxyl groups excluding tert-OH is 1. The van der Waals surface area contributed by atoms with Crippen molar-refractivity contribution in [2.75, 3.05) is 13.1 Å². The minimum absolute atomic E-state index is 0.0391. The van der Waals surface area contributed by atoms with Gasteiger partial charge >= 0.3 is 5.97 Å². The highest BCUT2D eigenvalue weighted by molar-refractivity contribution is 5.82. The van der Waals surface area contributed by atoms with Crippen molar-refractivity contribution < 1.29 is 19.8 Å². The first-order valence-corrected chi connectivity index (χ1v) is 5.93. The fourth-order valence-electron chi connectivity index (χ4n) is 1.89. The second-order valence-electron chi connectivity index (χ2n) is 4.47. The summed E-state index contributed by atoms with van der Waals surface area (Å²) >= 11 is 0. The molecule has 4 N–H and O–H groups in total. The molecular formula is C11H20N2O4. The van der Waals surface area contributed by atoms with E-state index in [0.29, 0.717) is 25.9 Å². The maximum absolute atomic E-state index is 11.7. The van der Waals surface area contributed by atoms with Gasteiger partial charge in [0, 0.05) is 19.5 Å². The molecule has 0 saturated carbocycles. The lowest BCUT2D eigenvalue weighted by molar-refractivity contribution is -0.138. The fraction of sp³-hybridized carbons (Fsp3) is 0.818. The Bertz CT molecular complexity index is 283. The highest BCUT2D eigenvalue weighted by atomic mass is 16.4. The SMILES string of the molecule is CCC(CNC(=O)C1CC(O)CN1)CC(=O)O. The maximum atomic E-state index is 11.7. The molecule has 17 heavy (non-hydrogen) atoms. The van der Waals surface area contributed by atoms with Crippen LogP contribution in [0.15, 0.2) is 0 Å². The van der Waals surface area contributed by atoms with E-state index in [1.165, 1.54) is 0 Å². The Labute approximate surface area is 100 Å². The minimum Gasteiger partial charge on any atom is -0.481 e. The molecule has 0 radical (unpaired) electrons. The van der Waals surface area contributed by atoms with Gasteiger partial charge in [0.25, 0.3) is 0 Å². The summed E-state index contributed by atoms with van der Waals surface area (Å²) in [6, 6.07) is -0.354. The average Bonchev–Trinajstić information content (AvgIpc) is 2.70. The predicted molar refractivity (Wildman–Crippen MR) is 61.5 cm³/mol. The van der Waals surface area contributed by atoms with Crippen molar-refractivity contribution in [1.29, 1.82) is 0 Å². The number of aliphatic carboxylic acids is 1. The zero-order chi connectivity index (χ0) is 12.8. The van der Waals surface area contributed by atoms with Crippen LogP contribution >= 0.6 is 0 Å². The Hall–Kier alpha value is -1.14. The molecule has 0 aromatic heterocycles. The molecular weight excluding hydrogens is 224 g/mol. The van der Waals surface area contributed by atoms with Gasteiger partial charge in [0.2, 0.25) is 5.91 Å². The number of nitrogens with one attached hydrogen (secondary N) is 2. The van der Waals surface area contributed by atoms with Gasteiger partial charge in [-0.3, -0.25) is 9.59 Å². The number of amides is 1. The van der Waals surface area contributed by atoms with Crippen molar-refractivity contribution in [3.63, 3.8) is 0 Å². The van der Waals surface area contributed by atoms with Crippen molar-refractivity contribution in [3.05, 3.63) is 0 Å². The number of carboxylic acid groups (broad SMARTS) is 1. The van der Waals surface area contributed by atoms with E-state index in [2.05, 4.69) is 10.6 Å². The number of β-amino-alcohol motifs (C(OH)–C–C–N with tert-alkyl or cyclic N) is 1. The number of aliphatic hydroxyl groups is 1. The van der Waals surface area contributed by atoms with E-state index in [9.17, 15) is 14.7 Å². The van der Waals surface area contributed by atoms with Gasteiger partial charge in [-0.05, 0) is 12.3 Å². The summed E-state index contributed by atoms with van der Waals surface area (Å²) in [5.74, 6) is -1.05. The lowest BCUT2D eigenvalue weighted by Crippen LogP contribution is -2.42. The molecule has 1 aliphatic heterocycles. The molecule has 6 heteroatoms. The topological polar surface area (TPSA) is 98.7 Å². The highest BCUT2D eigenvalue weighted by Crippen LogP contribution is 2.09. The summed E-state index contributed by atoms with van der Waals surface area (Å²) in [5, 5.41) is 23.6. The molecule has 1 aliphatic rings. The molecule has 0 aromatic rings. The van der Waals surface area contributed by atoms with E-state index in [1.54, 1.807) is 0 Å². The molecule has 98 valence electrons. The van der Waals surface area contributed by atoms with Crippen molar-refractivity contribution in [2.24, 2.45) is 5.92 Å². The molecule has 0 aromatic carbocycles. The van der Waals surface area contributed by atoms with Crippen LogP contribution < -0.4 is 10.6 Å². The minimum atomic E-state index is -0.847. The molecule has 0 bridgehead atoms. The lowest BCUT2D eigenvalue weighted by Gasteiger charge is -2.16. The third-order valence-corrected chi connectivity index (χ3v) is 3.03. The molecule has 3 unspecified atom stereocenters. The lowest BCUT2D eigenvalue weighted by atomic mass is 10.0. The third kappa shape index (κ3) is 4.70. The fourth-order valence-corrected chi connectivity index (χ4v) is 1.89. The molecule has 1 saturated heterocycles. The van der Waals surface area contributed by atoms with E-state index >= 15 is 0 Å². The van der Waals surface area contributed by atoms with E-state index in [0.717, 1.165) is 0 Å². The smallest absolute Gasteiger partial charge is 0.303 e. The van der Waals surface area contributed by atoms with Gasteiger partial charge in [0.1, 0.15) is 0 Å². The van der Waals surface area contributed by atoms with Crippen LogP contribution in [-0.4, -0.2) is 47.3 Å². The Balaban J connectivity index is 2.28. The van der Waals surface area contributed by atoms with Gasteiger partial charge in [0.05, 0.1) is 12.1 Å². The number of carbonyl (C=O) groups excluding carboxylic acids is 1. The Morgan fingerprint density at radius 3 is 2.71 bits per heavy atom. The quantitative estimate of drug-likeness (QED) is 0.496. The van der Waals surface area contributed by atoms with E-state index in [-0.39, 0.29) is 24.3 Å². The van der Waals surface area contributed by atoms with Gasteiger partial charge in [-0.25, -0.2) is 0 Å². The van der Waals surface area contributed by atoms with Gasteiger partial charge < -0.3 is 20.8 Å². The molecule has 3 atom stereocenters. The Morgan fingerprint density at radius 1 is 1.53 bits per heavy atom. The Kier molecular flexibility index (Phi) is 5.37. The number of carboxylic acids is 1. The van der Waals surface area contributed by atoms with Crippen molar-refractivity contribution in [2.45, 2.75) is 38.3 Å². The first kappa shape index (κ1) is 13.9. The molecule has 0 spiro atoms. The van der Waals surface area contributed by atoms with Crippen LogP contribution in [0.2, 0.25) is 0 Å². The maximum Gasteiger partial charge on any atom is 0.303 e. The number of hydrogen-bond donors (Lipinski definition) is 4. The van der Waals surface area contributed by atoms with Crippen molar-refractivity contribution in [3.8, 4) is 0 Å². The first-order valence-electron chi connectivity index (χ1n) is 5.93. The number of carbonyl (C=O) groups is 2. The molecule has 1 fully saturated rings. The van der Waals surface area contributed by atoms with Gasteiger partial charge in [0.15, 0.2) is 0 Å². The van der Waals surface area contributed by atoms with Crippen LogP contribution in [0.5, 0.6) is 0 Å². The third-order valence-electron chi connectivity index (χ3n) is 3.03. The van der Waals surface area contributed by atoms with Crippen molar-refractivity contribution in [1.82, 2.24) is 10.6 Å². The molecule has 0 aliphatic carbocycles. The zero-order valence-corrected chi connectivity index (χ0v) is 9.98. The predicted octanol–water partition coefficient (Wildman–Crippen LogP) is -0.674. The monoisotopic (exact) mass is 244 g/mol. The molecule has 6 nitrogen and oxygen atoms in total. The summed E-state index contributed by atoms with van der Waals surface area (Å²) in [6.45, 7) is 2.71. The summed E-state index contributed by atoms with van der Waals surface area (Å²) in [6.07, 6.45) is 0.735. The average molecular weight is 244 g/mol. The standard InChI is InChI=1S/C11H20N2O4/c1-2-7(3-10(15)16)5-13-11(17)9-4-8(14)6-12-9/h7-9,12,14H,2-6H2,1H3,(H,13,17)(H,15,16). The van der Waals surface area contributed by atoms with E-state index in [1.807, 2.05) is 6.92 Å². The summed E-state index contributed by atoms with van der Waals surface area (Å²) in [5.41, 5.74) is 0. The van der Waals surface area contributed by atoms with Gasteiger partial charge in [-0.1, -0.05) is 13.3 Å². The Morgan fingerprint density at radius 2 is 2.24 bits per heavy atom. The highest BCUT2D eigenvalue weighted by Gasteiger charge is 2.28. The molecule has 1 heterocycles. The van der Waals surface area contributed by atoms with Crippen LogP contribution in [0.4, 0.5) is 0 Å². The van der Waals surface area contributed by atoms with Crippen molar-refractivity contribution >= 4 is 11.9 Å². The van der Waals surface area contributed by atoms with E-state index in [4.69, 9.17) is 5.11 Å². The summed E-state index contributed by atoms with van der Waals surface area (Å²) in [7, 11) is 0. The summed E-state index contributed by atoms with van der Waals surface area (Å²) < 4.78 is 0. The number of hydrogen-bond acceptors (Lipinski definition) is 4. The normalized spacial score (nSPS) is 25.5. The van der Waals surface area contributed by atoms with E-state index < -0.39 is 12.1 Å². The zero-order valence-electron chi connectivity index (χ0n) is 9.98.